The molecule has 0 bridgehead atoms. The van der Waals surface area contributed by atoms with Crippen LogP contribution in [0.1, 0.15) is 151 Å². The highest BCUT2D eigenvalue weighted by atomic mass is 19.4. The molecular formula is C56H88F3N7O11. The van der Waals surface area contributed by atoms with E-state index in [1.54, 1.807) is 10.9 Å². The zero-order valence-corrected chi connectivity index (χ0v) is 47.8. The van der Waals surface area contributed by atoms with Crippen LogP contribution in [0.25, 0.3) is 10.9 Å². The number of ether oxygens (including phenoxy) is 2. The number of nitrogens with zero attached hydrogens (tertiary/aromatic N) is 4. The third-order valence-electron chi connectivity index (χ3n) is 14.3. The first-order valence-electron chi connectivity index (χ1n) is 27.4. The standard InChI is InChI=1S/C56H88F3N7O11/c1-14-16-20-36(7)30-42-52(71)63(10)38(9)55(74)77-47(24-25-48(67)76-27-26-56(57,58)59)51(70)62-43(31-37(8)21-17-15-2)54(73)64(11)45(29-35(5)6)49(68)60-41(28-34(3)4)53(72)65(12)46(50(69)61-42)32-39-33-66(75-13)44-23-19-18-22-40(39)44/h18-19,22-23,33-38,41-43,45-47H,14-17,20-21,24-32H2,1-13H3,(H,60,68)(H,61,69)(H,62,70)/t36-,37-,38?,41+,42+,43+,45+,46+,47-/m1/s1. The van der Waals surface area contributed by atoms with E-state index in [0.717, 1.165) is 36.0 Å². The van der Waals surface area contributed by atoms with Gasteiger partial charge in [-0.25, -0.2) is 4.79 Å². The number of unbranched alkanes of at least 4 members (excludes halogenated alkanes) is 2. The van der Waals surface area contributed by atoms with Gasteiger partial charge in [-0.15, -0.1) is 0 Å². The van der Waals surface area contributed by atoms with E-state index in [4.69, 9.17) is 14.3 Å². The van der Waals surface area contributed by atoms with Crippen molar-refractivity contribution in [3.63, 3.8) is 0 Å². The molecule has 0 saturated carbocycles. The van der Waals surface area contributed by atoms with Gasteiger partial charge in [0.05, 0.1) is 18.5 Å². The number of rotatable bonds is 22. The minimum absolute atomic E-state index is 0.0677. The van der Waals surface area contributed by atoms with E-state index in [1.807, 2.05) is 79.7 Å². The van der Waals surface area contributed by atoms with Crippen LogP contribution in [0.2, 0.25) is 0 Å². The highest BCUT2D eigenvalue weighted by Gasteiger charge is 2.41. The highest BCUT2D eigenvalue weighted by Crippen LogP contribution is 2.26. The number of benzene rings is 1. The lowest BCUT2D eigenvalue weighted by Gasteiger charge is -2.35. The van der Waals surface area contributed by atoms with Crippen LogP contribution in [0.4, 0.5) is 13.2 Å². The molecule has 0 aliphatic carbocycles. The smallest absolute Gasteiger partial charge is 0.392 e. The molecule has 1 aliphatic heterocycles. The Morgan fingerprint density at radius 2 is 1.19 bits per heavy atom. The summed E-state index contributed by atoms with van der Waals surface area (Å²) in [5.74, 6) is -7.22. The second kappa shape index (κ2) is 30.9. The number of esters is 2. The maximum absolute atomic E-state index is 15.2. The van der Waals surface area contributed by atoms with Gasteiger partial charge in [-0.2, -0.15) is 17.9 Å². The minimum Gasteiger partial charge on any atom is -0.465 e. The summed E-state index contributed by atoms with van der Waals surface area (Å²) in [6.07, 6.45) is -2.35. The van der Waals surface area contributed by atoms with E-state index in [0.29, 0.717) is 23.9 Å². The predicted molar refractivity (Wildman–Crippen MR) is 286 cm³/mol. The quantitative estimate of drug-likeness (QED) is 0.103. The third-order valence-corrected chi connectivity index (χ3v) is 14.3. The number of para-hydroxylation sites is 1. The van der Waals surface area contributed by atoms with Gasteiger partial charge in [0.25, 0.3) is 5.91 Å². The van der Waals surface area contributed by atoms with E-state index < -0.39 is 122 Å². The summed E-state index contributed by atoms with van der Waals surface area (Å²) in [5, 5.41) is 9.33. The molecule has 0 radical (unpaired) electrons. The van der Waals surface area contributed by atoms with Crippen molar-refractivity contribution in [3.05, 3.63) is 36.0 Å². The fourth-order valence-electron chi connectivity index (χ4n) is 9.59. The lowest BCUT2D eigenvalue weighted by Crippen LogP contribution is -2.60. The first kappa shape index (κ1) is 65.4. The van der Waals surface area contributed by atoms with Gasteiger partial charge < -0.3 is 45.0 Å². The maximum Gasteiger partial charge on any atom is 0.392 e. The maximum atomic E-state index is 15.2. The number of cyclic esters (lactones) is 1. The van der Waals surface area contributed by atoms with Crippen molar-refractivity contribution in [3.8, 4) is 0 Å². The van der Waals surface area contributed by atoms with E-state index in [1.165, 1.54) is 45.0 Å². The van der Waals surface area contributed by atoms with Crippen LogP contribution in [0, 0.1) is 23.7 Å². The Balaban J connectivity index is 2.33. The van der Waals surface area contributed by atoms with Crippen LogP contribution in [0.3, 0.4) is 0 Å². The number of hydrogen-bond acceptors (Lipinski definition) is 11. The molecule has 3 N–H and O–H groups in total. The molecule has 9 atom stereocenters. The van der Waals surface area contributed by atoms with Crippen molar-refractivity contribution in [2.75, 3.05) is 34.9 Å². The number of fused-ring (bicyclic) bond motifs is 1. The van der Waals surface area contributed by atoms with Crippen molar-refractivity contribution in [1.29, 1.82) is 0 Å². The number of halogens is 3. The Morgan fingerprint density at radius 3 is 1.71 bits per heavy atom. The molecule has 18 nitrogen and oxygen atoms in total. The van der Waals surface area contributed by atoms with Gasteiger partial charge in [0, 0.05) is 52.0 Å². The lowest BCUT2D eigenvalue weighted by atomic mass is 9.94. The fourth-order valence-corrected chi connectivity index (χ4v) is 9.59. The number of alkyl halides is 3. The van der Waals surface area contributed by atoms with Crippen molar-refractivity contribution < 1.29 is 65.8 Å². The van der Waals surface area contributed by atoms with E-state index in [-0.39, 0.29) is 55.8 Å². The number of amides is 6. The number of nitrogens with one attached hydrogen (secondary N) is 3. The monoisotopic (exact) mass is 1090 g/mol. The number of likely N-dealkylation sites (N-methyl/N-ethyl adjacent to an activating group) is 3. The van der Waals surface area contributed by atoms with E-state index in [9.17, 15) is 41.9 Å². The predicted octanol–water partition coefficient (Wildman–Crippen LogP) is 6.92. The molecule has 6 amide bonds. The minimum atomic E-state index is -4.61. The van der Waals surface area contributed by atoms with Crippen molar-refractivity contribution in [2.24, 2.45) is 23.7 Å². The van der Waals surface area contributed by atoms with E-state index >= 15 is 9.59 Å². The second-order valence-electron chi connectivity index (χ2n) is 21.9. The van der Waals surface area contributed by atoms with Gasteiger partial charge in [-0.1, -0.05) is 112 Å². The van der Waals surface area contributed by atoms with Gasteiger partial charge in [0.1, 0.15) is 43.4 Å². The van der Waals surface area contributed by atoms with Crippen molar-refractivity contribution in [1.82, 2.24) is 35.4 Å². The van der Waals surface area contributed by atoms with Crippen LogP contribution < -0.4 is 20.8 Å². The molecule has 434 valence electrons. The highest BCUT2D eigenvalue weighted by molar-refractivity contribution is 5.98. The molecule has 1 aromatic heterocycles. The molecule has 2 aromatic rings. The summed E-state index contributed by atoms with van der Waals surface area (Å²) < 4.78 is 50.9. The molecular weight excluding hydrogens is 1000 g/mol. The van der Waals surface area contributed by atoms with Gasteiger partial charge in [-0.3, -0.25) is 33.6 Å². The van der Waals surface area contributed by atoms with Crippen LogP contribution in [-0.4, -0.2) is 150 Å². The molecule has 1 aromatic carbocycles. The molecule has 3 rings (SSSR count). The second-order valence-corrected chi connectivity index (χ2v) is 21.9. The van der Waals surface area contributed by atoms with Crippen LogP contribution in [0.5, 0.6) is 0 Å². The largest absolute Gasteiger partial charge is 0.465 e. The zero-order valence-electron chi connectivity index (χ0n) is 47.8. The summed E-state index contributed by atoms with van der Waals surface area (Å²) in [5.41, 5.74) is 1.33. The van der Waals surface area contributed by atoms with Gasteiger partial charge >= 0.3 is 18.1 Å². The van der Waals surface area contributed by atoms with E-state index in [2.05, 4.69) is 16.0 Å². The zero-order chi connectivity index (χ0) is 57.9. The summed E-state index contributed by atoms with van der Waals surface area (Å²) in [6, 6.07) is -0.355. The lowest BCUT2D eigenvalue weighted by molar-refractivity contribution is -0.166. The fraction of sp³-hybridized carbons (Fsp3) is 0.714. The molecule has 1 fully saturated rings. The Morgan fingerprint density at radius 1 is 0.701 bits per heavy atom. The summed E-state index contributed by atoms with van der Waals surface area (Å²) in [6.45, 7) is 15.7. The number of carbonyl (C=O) groups is 8. The topological polar surface area (TPSA) is 215 Å². The third kappa shape index (κ3) is 20.1. The Kier molecular flexibility index (Phi) is 26.2. The normalized spacial score (nSPS) is 23.1. The summed E-state index contributed by atoms with van der Waals surface area (Å²) in [4.78, 5) is 126. The Bertz CT molecular complexity index is 2290. The van der Waals surface area contributed by atoms with Crippen molar-refractivity contribution >= 4 is 58.3 Å². The SMILES string of the molecule is CCCC[C@@H](C)C[C@@H]1NC(=O)[C@H](Cc2cn(OC)c3ccccc23)N(C)C(=O)[C@H](CC(C)C)NC(=O)[C@H](CC(C)C)N(C)C(=O)[C@H](C[C@H](C)CCCC)NC(=O)[C@@H](CCC(=O)OCCC(F)(F)F)OC(=O)C(C)N(C)C1=O. The van der Waals surface area contributed by atoms with Gasteiger partial charge in [0.15, 0.2) is 6.10 Å². The molecule has 1 unspecified atom stereocenters. The molecule has 1 aliphatic rings. The first-order valence-corrected chi connectivity index (χ1v) is 27.4. The molecule has 0 spiro atoms. The molecule has 77 heavy (non-hydrogen) atoms. The number of hydrogen-bond donors (Lipinski definition) is 3. The van der Waals surface area contributed by atoms with Gasteiger partial charge in [0.2, 0.25) is 29.5 Å². The van der Waals surface area contributed by atoms with Crippen LogP contribution in [-0.2, 0) is 54.3 Å². The van der Waals surface area contributed by atoms with Crippen molar-refractivity contribution in [2.45, 2.75) is 201 Å². The average Bonchev–Trinajstić information content (AvgIpc) is 3.73. The van der Waals surface area contributed by atoms with Crippen LogP contribution in [0.15, 0.2) is 30.5 Å². The Hall–Kier alpha value is -5.89. The number of aromatic nitrogens is 1. The molecule has 21 heteroatoms. The Labute approximate surface area is 453 Å². The number of carbonyl (C=O) groups excluding carboxylic acids is 8. The molecule has 1 saturated heterocycles. The summed E-state index contributed by atoms with van der Waals surface area (Å²) in [7, 11) is 5.71. The average molecular weight is 1090 g/mol. The first-order chi connectivity index (χ1) is 36.1. The summed E-state index contributed by atoms with van der Waals surface area (Å²) >= 11 is 0. The molecule has 2 heterocycles. The van der Waals surface area contributed by atoms with Crippen LogP contribution >= 0.6 is 0 Å². The van der Waals surface area contributed by atoms with Gasteiger partial charge in [-0.05, 0) is 67.9 Å².